The zero-order chi connectivity index (χ0) is 26.1. The topological polar surface area (TPSA) is 72.9 Å². The van der Waals surface area contributed by atoms with Gasteiger partial charge in [-0.3, -0.25) is 4.90 Å². The molecule has 1 heterocycles. The molecule has 3 N–H and O–H groups in total. The second kappa shape index (κ2) is 11.7. The Morgan fingerprint density at radius 2 is 1.72 bits per heavy atom. The molecule has 6 nitrogen and oxygen atoms in total. The molecule has 0 saturated heterocycles. The summed E-state index contributed by atoms with van der Waals surface area (Å²) in [5.74, 6) is -0.148. The van der Waals surface area contributed by atoms with Crippen LogP contribution in [0.2, 0.25) is 0 Å². The zero-order valence-corrected chi connectivity index (χ0v) is 19.4. The van der Waals surface area contributed by atoms with Gasteiger partial charge in [-0.15, -0.1) is 18.1 Å². The second-order valence-corrected chi connectivity index (χ2v) is 7.66. The van der Waals surface area contributed by atoms with E-state index in [0.717, 1.165) is 23.3 Å². The third kappa shape index (κ3) is 6.99. The number of H-pyrrole nitrogens is 1. The van der Waals surface area contributed by atoms with Gasteiger partial charge in [0.05, 0.1) is 6.20 Å². The van der Waals surface area contributed by atoms with Crippen molar-refractivity contribution >= 4 is 23.2 Å². The van der Waals surface area contributed by atoms with Crippen molar-refractivity contribution in [3.8, 4) is 5.75 Å². The number of carbonyl (C=O) groups excluding carboxylic acids is 1. The number of rotatable bonds is 9. The molecular weight excluding hydrogens is 469 g/mol. The van der Waals surface area contributed by atoms with Gasteiger partial charge in [0.2, 0.25) is 0 Å². The second-order valence-electron chi connectivity index (χ2n) is 7.66. The molecule has 3 aromatic rings. The zero-order valence-electron chi connectivity index (χ0n) is 19.4. The first-order valence-electron chi connectivity index (χ1n) is 10.9. The fraction of sp³-hybridized carbons (Fsp3) is 0.111. The summed E-state index contributed by atoms with van der Waals surface area (Å²) in [6.07, 6.45) is 1.74. The fourth-order valence-electron chi connectivity index (χ4n) is 3.46. The number of carbonyl (C=O) groups is 1. The number of pyridine rings is 1. The van der Waals surface area contributed by atoms with E-state index in [9.17, 15) is 18.0 Å². The highest BCUT2D eigenvalue weighted by atomic mass is 19.4. The lowest BCUT2D eigenvalue weighted by molar-refractivity contribution is -0.361. The molecule has 186 valence electrons. The number of nitrogen functional groups attached to an aromatic ring is 1. The maximum atomic E-state index is 14.0. The van der Waals surface area contributed by atoms with E-state index in [-0.39, 0.29) is 30.3 Å². The third-order valence-electron chi connectivity index (χ3n) is 5.06. The molecule has 0 saturated carbocycles. The Labute approximate surface area is 207 Å². The molecule has 9 heteroatoms. The van der Waals surface area contributed by atoms with Gasteiger partial charge in [0, 0.05) is 13.1 Å². The van der Waals surface area contributed by atoms with E-state index < -0.39 is 18.1 Å². The SMILES string of the molecule is C=C/C=C(\C=C)CN(Cc1ccccc1)C(=O)N(c1ccc(OC(F)(F)F)cc1)c1[nH+]cccc1N. The number of halogens is 3. The maximum Gasteiger partial charge on any atom is 0.573 e. The van der Waals surface area contributed by atoms with E-state index in [1.807, 2.05) is 30.3 Å². The number of nitrogens with one attached hydrogen (secondary N) is 1. The molecule has 0 aliphatic rings. The summed E-state index contributed by atoms with van der Waals surface area (Å²) >= 11 is 0. The molecule has 36 heavy (non-hydrogen) atoms. The Bertz CT molecular complexity index is 1230. The summed E-state index contributed by atoms with van der Waals surface area (Å²) in [5, 5.41) is 0. The Morgan fingerprint density at radius 1 is 1.03 bits per heavy atom. The summed E-state index contributed by atoms with van der Waals surface area (Å²) in [4.78, 5) is 19.9. The van der Waals surface area contributed by atoms with Gasteiger partial charge >= 0.3 is 18.2 Å². The molecule has 2 aromatic carbocycles. The standard InChI is InChI=1S/C27H25F3N4O2/c1-3-9-20(4-2)18-33(19-21-10-6-5-7-11-21)26(35)34(25-24(31)12-8-17-32-25)22-13-15-23(16-14-22)36-27(28,29)30/h3-17H,1-2,18-19,31H2/p+1/b20-9+. The smallest absolute Gasteiger partial charge is 0.406 e. The predicted octanol–water partition coefficient (Wildman–Crippen LogP) is 6.04. The summed E-state index contributed by atoms with van der Waals surface area (Å²) < 4.78 is 41.9. The minimum Gasteiger partial charge on any atom is -0.406 e. The predicted molar refractivity (Wildman–Crippen MR) is 133 cm³/mol. The molecule has 2 amide bonds. The lowest BCUT2D eigenvalue weighted by Gasteiger charge is -2.26. The molecule has 0 radical (unpaired) electrons. The van der Waals surface area contributed by atoms with Crippen molar-refractivity contribution in [1.29, 1.82) is 0 Å². The summed E-state index contributed by atoms with van der Waals surface area (Å²) in [7, 11) is 0. The van der Waals surface area contributed by atoms with Crippen LogP contribution in [0, 0.1) is 0 Å². The molecule has 0 atom stereocenters. The number of alkyl halides is 3. The van der Waals surface area contributed by atoms with Crippen molar-refractivity contribution < 1.29 is 27.7 Å². The van der Waals surface area contributed by atoms with Gasteiger partial charge in [-0.2, -0.15) is 0 Å². The van der Waals surface area contributed by atoms with Crippen LogP contribution in [0.5, 0.6) is 5.75 Å². The lowest BCUT2D eigenvalue weighted by atomic mass is 10.1. The van der Waals surface area contributed by atoms with E-state index in [0.29, 0.717) is 0 Å². The van der Waals surface area contributed by atoms with E-state index in [1.165, 1.54) is 17.0 Å². The van der Waals surface area contributed by atoms with Crippen LogP contribution >= 0.6 is 0 Å². The highest BCUT2D eigenvalue weighted by Crippen LogP contribution is 2.31. The van der Waals surface area contributed by atoms with E-state index in [4.69, 9.17) is 5.73 Å². The van der Waals surface area contributed by atoms with Crippen LogP contribution in [0.25, 0.3) is 0 Å². The van der Waals surface area contributed by atoms with E-state index >= 15 is 0 Å². The quantitative estimate of drug-likeness (QED) is 0.368. The van der Waals surface area contributed by atoms with E-state index in [1.54, 1.807) is 41.5 Å². The average molecular weight is 496 g/mol. The Balaban J connectivity index is 2.06. The average Bonchev–Trinajstić information content (AvgIpc) is 2.85. The summed E-state index contributed by atoms with van der Waals surface area (Å²) in [6.45, 7) is 7.97. The monoisotopic (exact) mass is 495 g/mol. The van der Waals surface area contributed by atoms with Crippen LogP contribution in [-0.4, -0.2) is 23.8 Å². The molecule has 0 spiro atoms. The number of hydrogen-bond donors (Lipinski definition) is 1. The molecule has 3 rings (SSSR count). The number of nitrogens with zero attached hydrogens (tertiary/aromatic N) is 2. The van der Waals surface area contributed by atoms with Crippen molar-refractivity contribution in [3.63, 3.8) is 0 Å². The van der Waals surface area contributed by atoms with Crippen LogP contribution in [0.4, 0.5) is 35.2 Å². The third-order valence-corrected chi connectivity index (χ3v) is 5.06. The highest BCUT2D eigenvalue weighted by molar-refractivity contribution is 6.00. The number of aromatic nitrogens is 1. The van der Waals surface area contributed by atoms with Gasteiger partial charge in [0.1, 0.15) is 17.1 Å². The number of urea groups is 1. The van der Waals surface area contributed by atoms with Crippen molar-refractivity contribution in [2.24, 2.45) is 0 Å². The normalized spacial score (nSPS) is 11.5. The number of hydrogen-bond acceptors (Lipinski definition) is 3. The summed E-state index contributed by atoms with van der Waals surface area (Å²) in [5.41, 5.74) is 8.36. The molecule has 0 fully saturated rings. The first kappa shape index (κ1) is 26.1. The van der Waals surface area contributed by atoms with Gasteiger partial charge in [-0.05, 0) is 47.5 Å². The van der Waals surface area contributed by atoms with Crippen LogP contribution in [0.3, 0.4) is 0 Å². The minimum absolute atomic E-state index is 0.196. The maximum absolute atomic E-state index is 14.0. The van der Waals surface area contributed by atoms with Crippen molar-refractivity contribution in [1.82, 2.24) is 4.90 Å². The van der Waals surface area contributed by atoms with E-state index in [2.05, 4.69) is 22.9 Å². The first-order chi connectivity index (χ1) is 17.2. The first-order valence-corrected chi connectivity index (χ1v) is 10.9. The molecule has 0 unspecified atom stereocenters. The number of aromatic amines is 1. The fourth-order valence-corrected chi connectivity index (χ4v) is 3.46. The lowest BCUT2D eigenvalue weighted by Crippen LogP contribution is -2.43. The Hall–Kier alpha value is -4.53. The Kier molecular flexibility index (Phi) is 8.51. The van der Waals surface area contributed by atoms with Crippen LogP contribution < -0.4 is 20.4 Å². The summed E-state index contributed by atoms with van der Waals surface area (Å²) in [6, 6.07) is 17.2. The molecule has 0 aliphatic carbocycles. The van der Waals surface area contributed by atoms with Gasteiger partial charge < -0.3 is 10.5 Å². The van der Waals surface area contributed by atoms with Gasteiger partial charge in [0.15, 0.2) is 0 Å². The number of nitrogens with two attached hydrogens (primary N) is 1. The number of allylic oxidation sites excluding steroid dienone is 2. The van der Waals surface area contributed by atoms with Crippen molar-refractivity contribution in [2.45, 2.75) is 12.9 Å². The Morgan fingerprint density at radius 3 is 2.31 bits per heavy atom. The van der Waals surface area contributed by atoms with Gasteiger partial charge in [-0.1, -0.05) is 61.7 Å². The van der Waals surface area contributed by atoms with Crippen LogP contribution in [-0.2, 0) is 6.54 Å². The minimum atomic E-state index is -4.83. The molecular formula is C27H26F3N4O2+. The number of benzene rings is 2. The number of amides is 2. The van der Waals surface area contributed by atoms with Crippen molar-refractivity contribution in [3.05, 3.63) is 115 Å². The molecule has 0 bridgehead atoms. The van der Waals surface area contributed by atoms with Gasteiger partial charge in [0.25, 0.3) is 0 Å². The number of anilines is 3. The highest BCUT2D eigenvalue weighted by Gasteiger charge is 2.35. The van der Waals surface area contributed by atoms with Crippen molar-refractivity contribution in [2.75, 3.05) is 17.2 Å². The van der Waals surface area contributed by atoms with Crippen LogP contribution in [0.1, 0.15) is 5.56 Å². The molecule has 1 aromatic heterocycles. The van der Waals surface area contributed by atoms with Crippen LogP contribution in [0.15, 0.2) is 110 Å². The largest absolute Gasteiger partial charge is 0.573 e. The number of ether oxygens (including phenoxy) is 1. The molecule has 0 aliphatic heterocycles. The van der Waals surface area contributed by atoms with Gasteiger partial charge in [-0.25, -0.2) is 9.78 Å².